The lowest BCUT2D eigenvalue weighted by Gasteiger charge is -2.16. The molecule has 0 aliphatic heterocycles. The summed E-state index contributed by atoms with van der Waals surface area (Å²) in [7, 11) is 1.94. The van der Waals surface area contributed by atoms with Crippen molar-refractivity contribution in [2.45, 2.75) is 32.9 Å². The molecule has 108 valence electrons. The minimum absolute atomic E-state index is 0.238. The quantitative estimate of drug-likeness (QED) is 0.868. The van der Waals surface area contributed by atoms with E-state index >= 15 is 0 Å². The molecule has 20 heavy (non-hydrogen) atoms. The molecule has 3 nitrogen and oxygen atoms in total. The van der Waals surface area contributed by atoms with Crippen LogP contribution < -0.4 is 5.32 Å². The van der Waals surface area contributed by atoms with Crippen LogP contribution in [0.2, 0.25) is 5.02 Å². The van der Waals surface area contributed by atoms with Crippen molar-refractivity contribution < 1.29 is 0 Å². The number of halogens is 2. The molecule has 2 rings (SSSR count). The maximum atomic E-state index is 6.36. The van der Waals surface area contributed by atoms with Gasteiger partial charge in [0.1, 0.15) is 0 Å². The second-order valence-corrected chi connectivity index (χ2v) is 6.04. The topological polar surface area (TPSA) is 29.9 Å². The Morgan fingerprint density at radius 3 is 2.70 bits per heavy atom. The van der Waals surface area contributed by atoms with Crippen molar-refractivity contribution in [3.8, 4) is 0 Å². The monoisotopic (exact) mass is 355 g/mol. The summed E-state index contributed by atoms with van der Waals surface area (Å²) in [6.07, 6.45) is 0.854. The van der Waals surface area contributed by atoms with Gasteiger partial charge in [0, 0.05) is 24.1 Å². The molecule has 2 aromatic rings. The lowest BCUT2D eigenvalue weighted by Crippen LogP contribution is -2.20. The second-order valence-electron chi connectivity index (χ2n) is 4.81. The number of rotatable bonds is 5. The fraction of sp³-hybridized carbons (Fsp3) is 0.400. The van der Waals surface area contributed by atoms with E-state index in [0.717, 1.165) is 27.3 Å². The van der Waals surface area contributed by atoms with Crippen LogP contribution in [0.4, 0.5) is 0 Å². The summed E-state index contributed by atoms with van der Waals surface area (Å²) in [6.45, 7) is 4.91. The fourth-order valence-corrected chi connectivity index (χ4v) is 3.19. The molecule has 1 heterocycles. The van der Waals surface area contributed by atoms with Gasteiger partial charge in [0.15, 0.2) is 0 Å². The minimum Gasteiger partial charge on any atom is -0.304 e. The molecule has 1 aromatic carbocycles. The van der Waals surface area contributed by atoms with Crippen LogP contribution in [0.5, 0.6) is 0 Å². The van der Waals surface area contributed by atoms with Crippen LogP contribution in [-0.2, 0) is 20.0 Å². The first-order valence-electron chi connectivity index (χ1n) is 6.72. The summed E-state index contributed by atoms with van der Waals surface area (Å²) in [5.74, 6) is 0. The van der Waals surface area contributed by atoms with E-state index in [1.165, 1.54) is 5.56 Å². The Morgan fingerprint density at radius 1 is 1.40 bits per heavy atom. The molecule has 1 atom stereocenters. The van der Waals surface area contributed by atoms with Crippen molar-refractivity contribution in [1.82, 2.24) is 15.1 Å². The van der Waals surface area contributed by atoms with Gasteiger partial charge in [-0.15, -0.1) is 0 Å². The normalized spacial score (nSPS) is 12.7. The van der Waals surface area contributed by atoms with Crippen molar-refractivity contribution in [3.05, 3.63) is 50.7 Å². The number of aromatic nitrogens is 2. The number of aryl methyl sites for hydroxylation is 2. The molecule has 0 saturated heterocycles. The molecule has 1 N–H and O–H groups in total. The van der Waals surface area contributed by atoms with Crippen LogP contribution in [0.25, 0.3) is 0 Å². The summed E-state index contributed by atoms with van der Waals surface area (Å²) < 4.78 is 2.98. The molecule has 0 unspecified atom stereocenters. The predicted octanol–water partition coefficient (Wildman–Crippen LogP) is 4.25. The average molecular weight is 357 g/mol. The zero-order valence-corrected chi connectivity index (χ0v) is 14.3. The van der Waals surface area contributed by atoms with Crippen molar-refractivity contribution >= 4 is 27.5 Å². The second kappa shape index (κ2) is 6.74. The van der Waals surface area contributed by atoms with Crippen LogP contribution in [0.1, 0.15) is 36.8 Å². The van der Waals surface area contributed by atoms with E-state index in [1.54, 1.807) is 0 Å². The highest BCUT2D eigenvalue weighted by Gasteiger charge is 2.14. The largest absolute Gasteiger partial charge is 0.304 e. The highest BCUT2D eigenvalue weighted by Crippen LogP contribution is 2.25. The third kappa shape index (κ3) is 3.25. The van der Waals surface area contributed by atoms with Crippen molar-refractivity contribution in [1.29, 1.82) is 0 Å². The molecule has 0 spiro atoms. The minimum atomic E-state index is 0.238. The van der Waals surface area contributed by atoms with E-state index < -0.39 is 0 Å². The van der Waals surface area contributed by atoms with E-state index in [2.05, 4.69) is 52.3 Å². The first-order valence-corrected chi connectivity index (χ1v) is 7.89. The number of nitrogens with zero attached hydrogens (tertiary/aromatic N) is 2. The SMILES string of the molecule is CCc1nn(C)c(CN[C@H](C)c2ccccc2Br)c1Cl. The van der Waals surface area contributed by atoms with Gasteiger partial charge in [-0.25, -0.2) is 0 Å². The van der Waals surface area contributed by atoms with Gasteiger partial charge >= 0.3 is 0 Å². The molecule has 0 aliphatic carbocycles. The third-order valence-electron chi connectivity index (χ3n) is 3.45. The van der Waals surface area contributed by atoms with Gasteiger partial charge in [0.05, 0.1) is 16.4 Å². The van der Waals surface area contributed by atoms with E-state index in [-0.39, 0.29) is 6.04 Å². The highest BCUT2D eigenvalue weighted by molar-refractivity contribution is 9.10. The molecule has 0 aliphatic rings. The van der Waals surface area contributed by atoms with Crippen LogP contribution >= 0.6 is 27.5 Å². The van der Waals surface area contributed by atoms with E-state index in [9.17, 15) is 0 Å². The average Bonchev–Trinajstić information content (AvgIpc) is 2.71. The summed E-state index contributed by atoms with van der Waals surface area (Å²) in [5, 5.41) is 8.71. The molecule has 0 radical (unpaired) electrons. The van der Waals surface area contributed by atoms with Crippen molar-refractivity contribution in [2.24, 2.45) is 7.05 Å². The molecule has 1 aromatic heterocycles. The Morgan fingerprint density at radius 2 is 2.10 bits per heavy atom. The zero-order chi connectivity index (χ0) is 14.7. The van der Waals surface area contributed by atoms with Gasteiger partial charge in [0.25, 0.3) is 0 Å². The number of hydrogen-bond donors (Lipinski definition) is 1. The van der Waals surface area contributed by atoms with E-state index in [0.29, 0.717) is 6.54 Å². The van der Waals surface area contributed by atoms with E-state index in [4.69, 9.17) is 11.6 Å². The van der Waals surface area contributed by atoms with Crippen molar-refractivity contribution in [2.75, 3.05) is 0 Å². The van der Waals surface area contributed by atoms with Gasteiger partial charge < -0.3 is 5.32 Å². The maximum Gasteiger partial charge on any atom is 0.0863 e. The van der Waals surface area contributed by atoms with Gasteiger partial charge in [-0.3, -0.25) is 4.68 Å². The number of nitrogens with one attached hydrogen (secondary N) is 1. The molecular weight excluding hydrogens is 338 g/mol. The van der Waals surface area contributed by atoms with Crippen LogP contribution in [0.3, 0.4) is 0 Å². The third-order valence-corrected chi connectivity index (χ3v) is 4.61. The first kappa shape index (κ1) is 15.5. The summed E-state index contributed by atoms with van der Waals surface area (Å²) in [6, 6.07) is 8.47. The first-order chi connectivity index (χ1) is 9.54. The van der Waals surface area contributed by atoms with Crippen LogP contribution in [-0.4, -0.2) is 9.78 Å². The predicted molar refractivity (Wildman–Crippen MR) is 87.0 cm³/mol. The smallest absolute Gasteiger partial charge is 0.0863 e. The Balaban J connectivity index is 2.09. The number of hydrogen-bond acceptors (Lipinski definition) is 2. The summed E-state index contributed by atoms with van der Waals surface area (Å²) >= 11 is 9.94. The lowest BCUT2D eigenvalue weighted by molar-refractivity contribution is 0.546. The molecular formula is C15H19BrClN3. The lowest BCUT2D eigenvalue weighted by atomic mass is 10.1. The Labute approximate surface area is 133 Å². The standard InChI is InChI=1S/C15H19BrClN3/c1-4-13-15(17)14(20(3)19-13)9-18-10(2)11-7-5-6-8-12(11)16/h5-8,10,18H,4,9H2,1-3H3/t10-/m1/s1. The Hall–Kier alpha value is -0.840. The zero-order valence-electron chi connectivity index (χ0n) is 12.0. The van der Waals surface area contributed by atoms with E-state index in [1.807, 2.05) is 23.9 Å². The summed E-state index contributed by atoms with van der Waals surface area (Å²) in [5.41, 5.74) is 3.23. The van der Waals surface area contributed by atoms with Gasteiger partial charge in [-0.05, 0) is 25.0 Å². The molecule has 0 saturated carbocycles. The van der Waals surface area contributed by atoms with Crippen molar-refractivity contribution in [3.63, 3.8) is 0 Å². The summed E-state index contributed by atoms with van der Waals surface area (Å²) in [4.78, 5) is 0. The van der Waals surface area contributed by atoms with Gasteiger partial charge in [0.2, 0.25) is 0 Å². The van der Waals surface area contributed by atoms with Gasteiger partial charge in [-0.2, -0.15) is 5.10 Å². The Kier molecular flexibility index (Phi) is 5.24. The molecule has 0 bridgehead atoms. The van der Waals surface area contributed by atoms with Crippen LogP contribution in [0.15, 0.2) is 28.7 Å². The Bertz CT molecular complexity index is 595. The molecule has 5 heteroatoms. The maximum absolute atomic E-state index is 6.36. The molecule has 0 amide bonds. The van der Waals surface area contributed by atoms with Gasteiger partial charge in [-0.1, -0.05) is 52.7 Å². The number of benzene rings is 1. The van der Waals surface area contributed by atoms with Crippen LogP contribution in [0, 0.1) is 0 Å². The highest BCUT2D eigenvalue weighted by atomic mass is 79.9. The molecule has 0 fully saturated rings. The fourth-order valence-electron chi connectivity index (χ4n) is 2.20.